The van der Waals surface area contributed by atoms with Crippen LogP contribution in [0.2, 0.25) is 0 Å². The van der Waals surface area contributed by atoms with Crippen molar-refractivity contribution >= 4 is 15.9 Å². The van der Waals surface area contributed by atoms with Crippen molar-refractivity contribution in [1.82, 2.24) is 15.1 Å². The molecule has 3 nitrogen and oxygen atoms in total. The Hall–Kier alpha value is -0.610. The minimum absolute atomic E-state index is 0.789. The molecule has 0 fully saturated rings. The average molecular weight is 244 g/mol. The Labute approximate surface area is 87.0 Å². The summed E-state index contributed by atoms with van der Waals surface area (Å²) in [5.74, 6) is 0. The summed E-state index contributed by atoms with van der Waals surface area (Å²) >= 11 is 3.29. The van der Waals surface area contributed by atoms with Gasteiger partial charge in [-0.25, -0.2) is 0 Å². The van der Waals surface area contributed by atoms with Crippen molar-refractivity contribution in [2.24, 2.45) is 0 Å². The summed E-state index contributed by atoms with van der Waals surface area (Å²) in [5.41, 5.74) is 1.20. The van der Waals surface area contributed by atoms with Crippen LogP contribution in [0.15, 0.2) is 23.5 Å². The Bertz CT molecular complexity index is 280. The number of rotatable bonds is 5. The standard InChI is InChI=1S/C9H14BrN3/c1-3-13-7-9(6-12-13)5-11-4-8(2)10/h6-7,11H,2-5H2,1H3. The normalized spacial score (nSPS) is 10.3. The van der Waals surface area contributed by atoms with Gasteiger partial charge in [0, 0.05) is 35.9 Å². The quantitative estimate of drug-likeness (QED) is 0.857. The van der Waals surface area contributed by atoms with Gasteiger partial charge in [0.2, 0.25) is 0 Å². The molecular weight excluding hydrogens is 230 g/mol. The van der Waals surface area contributed by atoms with Crippen LogP contribution in [0.25, 0.3) is 0 Å². The molecule has 1 N–H and O–H groups in total. The van der Waals surface area contributed by atoms with E-state index in [1.54, 1.807) is 0 Å². The van der Waals surface area contributed by atoms with Gasteiger partial charge in [0.05, 0.1) is 6.20 Å². The Morgan fingerprint density at radius 3 is 3.08 bits per heavy atom. The lowest BCUT2D eigenvalue weighted by atomic mass is 10.3. The second kappa shape index (κ2) is 5.19. The van der Waals surface area contributed by atoms with Crippen molar-refractivity contribution in [2.75, 3.05) is 6.54 Å². The first-order valence-corrected chi connectivity index (χ1v) is 5.07. The molecule has 0 radical (unpaired) electrons. The van der Waals surface area contributed by atoms with Crippen LogP contribution in [0.5, 0.6) is 0 Å². The Morgan fingerprint density at radius 1 is 1.77 bits per heavy atom. The van der Waals surface area contributed by atoms with E-state index in [4.69, 9.17) is 0 Å². The van der Waals surface area contributed by atoms with Gasteiger partial charge in [0.15, 0.2) is 0 Å². The van der Waals surface area contributed by atoms with Crippen LogP contribution in [0, 0.1) is 0 Å². The summed E-state index contributed by atoms with van der Waals surface area (Å²) in [6, 6.07) is 0. The fourth-order valence-corrected chi connectivity index (χ4v) is 1.21. The van der Waals surface area contributed by atoms with E-state index in [-0.39, 0.29) is 0 Å². The van der Waals surface area contributed by atoms with Crippen molar-refractivity contribution < 1.29 is 0 Å². The minimum Gasteiger partial charge on any atom is -0.308 e. The van der Waals surface area contributed by atoms with Gasteiger partial charge >= 0.3 is 0 Å². The maximum Gasteiger partial charge on any atom is 0.0534 e. The van der Waals surface area contributed by atoms with Gasteiger partial charge in [-0.05, 0) is 6.92 Å². The maximum absolute atomic E-state index is 4.17. The highest BCUT2D eigenvalue weighted by molar-refractivity contribution is 9.11. The van der Waals surface area contributed by atoms with Crippen molar-refractivity contribution in [1.29, 1.82) is 0 Å². The van der Waals surface area contributed by atoms with Gasteiger partial charge in [-0.1, -0.05) is 22.5 Å². The molecule has 72 valence electrons. The zero-order valence-electron chi connectivity index (χ0n) is 7.76. The van der Waals surface area contributed by atoms with E-state index in [0.29, 0.717) is 0 Å². The highest BCUT2D eigenvalue weighted by Crippen LogP contribution is 2.00. The molecule has 0 aliphatic carbocycles. The molecule has 13 heavy (non-hydrogen) atoms. The molecule has 0 bridgehead atoms. The predicted octanol–water partition coefficient (Wildman–Crippen LogP) is 1.90. The largest absolute Gasteiger partial charge is 0.308 e. The number of nitrogens with zero attached hydrogens (tertiary/aromatic N) is 2. The number of aromatic nitrogens is 2. The molecule has 0 saturated carbocycles. The highest BCUT2D eigenvalue weighted by atomic mass is 79.9. The van der Waals surface area contributed by atoms with Crippen LogP contribution in [-0.2, 0) is 13.1 Å². The molecule has 0 aliphatic rings. The molecule has 1 aromatic rings. The van der Waals surface area contributed by atoms with Crippen molar-refractivity contribution in [3.63, 3.8) is 0 Å². The number of hydrogen-bond acceptors (Lipinski definition) is 2. The first-order valence-electron chi connectivity index (χ1n) is 4.27. The van der Waals surface area contributed by atoms with Gasteiger partial charge in [-0.3, -0.25) is 4.68 Å². The number of hydrogen-bond donors (Lipinski definition) is 1. The Kier molecular flexibility index (Phi) is 4.18. The van der Waals surface area contributed by atoms with Gasteiger partial charge in [0.1, 0.15) is 0 Å². The summed E-state index contributed by atoms with van der Waals surface area (Å²) in [6.45, 7) is 8.36. The molecule has 1 rings (SSSR count). The first kappa shape index (κ1) is 10.5. The zero-order valence-corrected chi connectivity index (χ0v) is 9.34. The average Bonchev–Trinajstić information content (AvgIpc) is 2.52. The van der Waals surface area contributed by atoms with Crippen molar-refractivity contribution in [3.05, 3.63) is 29.0 Å². The van der Waals surface area contributed by atoms with E-state index in [9.17, 15) is 0 Å². The maximum atomic E-state index is 4.17. The molecule has 0 aromatic carbocycles. The second-order valence-corrected chi connectivity index (χ2v) is 3.95. The fourth-order valence-electron chi connectivity index (χ4n) is 1.01. The lowest BCUT2D eigenvalue weighted by molar-refractivity contribution is 0.658. The number of aryl methyl sites for hydroxylation is 1. The smallest absolute Gasteiger partial charge is 0.0534 e. The third-order valence-corrected chi connectivity index (χ3v) is 1.94. The van der Waals surface area contributed by atoms with Gasteiger partial charge in [-0.15, -0.1) is 0 Å². The van der Waals surface area contributed by atoms with Gasteiger partial charge < -0.3 is 5.32 Å². The van der Waals surface area contributed by atoms with Gasteiger partial charge in [0.25, 0.3) is 0 Å². The van der Waals surface area contributed by atoms with Crippen molar-refractivity contribution in [3.8, 4) is 0 Å². The van der Waals surface area contributed by atoms with E-state index < -0.39 is 0 Å². The monoisotopic (exact) mass is 243 g/mol. The lowest BCUT2D eigenvalue weighted by Gasteiger charge is -1.99. The molecule has 1 aromatic heterocycles. The Balaban J connectivity index is 2.32. The van der Waals surface area contributed by atoms with E-state index in [1.807, 2.05) is 17.1 Å². The number of nitrogens with one attached hydrogen (secondary N) is 1. The zero-order chi connectivity index (χ0) is 9.68. The van der Waals surface area contributed by atoms with Crippen LogP contribution in [0.1, 0.15) is 12.5 Å². The third kappa shape index (κ3) is 3.74. The molecular formula is C9H14BrN3. The molecule has 0 atom stereocenters. The Morgan fingerprint density at radius 2 is 2.54 bits per heavy atom. The first-order chi connectivity index (χ1) is 6.22. The van der Waals surface area contributed by atoms with Crippen molar-refractivity contribution in [2.45, 2.75) is 20.0 Å². The predicted molar refractivity (Wildman–Crippen MR) is 57.7 cm³/mol. The minimum atomic E-state index is 0.789. The summed E-state index contributed by atoms with van der Waals surface area (Å²) in [4.78, 5) is 0. The lowest BCUT2D eigenvalue weighted by Crippen LogP contribution is -2.13. The highest BCUT2D eigenvalue weighted by Gasteiger charge is 1.96. The molecule has 0 saturated heterocycles. The van der Waals surface area contributed by atoms with E-state index in [0.717, 1.165) is 24.1 Å². The molecule has 0 unspecified atom stereocenters. The molecule has 0 aliphatic heterocycles. The molecule has 0 amide bonds. The third-order valence-electron chi connectivity index (χ3n) is 1.66. The van der Waals surface area contributed by atoms with E-state index >= 15 is 0 Å². The number of halogens is 1. The molecule has 0 spiro atoms. The second-order valence-electron chi connectivity index (χ2n) is 2.83. The van der Waals surface area contributed by atoms with Crippen LogP contribution in [0.3, 0.4) is 0 Å². The molecule has 1 heterocycles. The molecule has 4 heteroatoms. The topological polar surface area (TPSA) is 29.9 Å². The summed E-state index contributed by atoms with van der Waals surface area (Å²) in [5, 5.41) is 7.41. The van der Waals surface area contributed by atoms with Crippen LogP contribution in [0.4, 0.5) is 0 Å². The van der Waals surface area contributed by atoms with Gasteiger partial charge in [-0.2, -0.15) is 5.10 Å². The van der Waals surface area contributed by atoms with Crippen LogP contribution >= 0.6 is 15.9 Å². The van der Waals surface area contributed by atoms with E-state index in [1.165, 1.54) is 5.56 Å². The van der Waals surface area contributed by atoms with Crippen LogP contribution < -0.4 is 5.32 Å². The fraction of sp³-hybridized carbons (Fsp3) is 0.444. The summed E-state index contributed by atoms with van der Waals surface area (Å²) in [6.07, 6.45) is 3.93. The van der Waals surface area contributed by atoms with E-state index in [2.05, 4.69) is 39.8 Å². The van der Waals surface area contributed by atoms with Crippen LogP contribution in [-0.4, -0.2) is 16.3 Å². The SMILES string of the molecule is C=C(Br)CNCc1cnn(CC)c1. The summed E-state index contributed by atoms with van der Waals surface area (Å²) in [7, 11) is 0. The summed E-state index contributed by atoms with van der Waals surface area (Å²) < 4.78 is 2.88.